The molecule has 6 nitrogen and oxygen atoms in total. The molecule has 4 aromatic rings. The summed E-state index contributed by atoms with van der Waals surface area (Å²) in [6.45, 7) is 5.97. The summed E-state index contributed by atoms with van der Waals surface area (Å²) < 4.78 is 0. The number of H-pyrrole nitrogens is 2. The van der Waals surface area contributed by atoms with Gasteiger partial charge in [0.2, 0.25) is 0 Å². The second-order valence-electron chi connectivity index (χ2n) is 6.65. The Kier molecular flexibility index (Phi) is 3.95. The van der Waals surface area contributed by atoms with Gasteiger partial charge in [-0.05, 0) is 44.5 Å². The van der Waals surface area contributed by atoms with E-state index in [1.165, 1.54) is 0 Å². The van der Waals surface area contributed by atoms with Crippen LogP contribution >= 0.6 is 0 Å². The quantitative estimate of drug-likeness (QED) is 0.522. The molecule has 3 heterocycles. The number of benzene rings is 1. The Bertz CT molecular complexity index is 1110. The van der Waals surface area contributed by atoms with Crippen LogP contribution in [0.2, 0.25) is 0 Å². The van der Waals surface area contributed by atoms with E-state index in [9.17, 15) is 4.79 Å². The van der Waals surface area contributed by atoms with Crippen LogP contribution in [0.25, 0.3) is 33.3 Å². The van der Waals surface area contributed by atoms with E-state index in [4.69, 9.17) is 0 Å². The smallest absolute Gasteiger partial charge is 0.251 e. The van der Waals surface area contributed by atoms with Gasteiger partial charge in [0.1, 0.15) is 5.82 Å². The summed E-state index contributed by atoms with van der Waals surface area (Å²) in [6, 6.07) is 9.92. The third-order valence-corrected chi connectivity index (χ3v) is 4.68. The average Bonchev–Trinajstić information content (AvgIpc) is 3.22. The van der Waals surface area contributed by atoms with Crippen LogP contribution in [0.4, 0.5) is 0 Å². The minimum absolute atomic E-state index is 0.0482. The second kappa shape index (κ2) is 6.29. The molecule has 26 heavy (non-hydrogen) atoms. The van der Waals surface area contributed by atoms with Crippen molar-refractivity contribution in [3.63, 3.8) is 0 Å². The number of aromatic nitrogens is 4. The number of pyridine rings is 1. The fourth-order valence-corrected chi connectivity index (χ4v) is 3.07. The van der Waals surface area contributed by atoms with Gasteiger partial charge < -0.3 is 15.3 Å². The number of rotatable bonds is 4. The predicted octanol–water partition coefficient (Wildman–Crippen LogP) is 3.94. The van der Waals surface area contributed by atoms with Crippen LogP contribution in [0.1, 0.15) is 36.5 Å². The SMILES string of the molecule is CC[C@@H](C)NC(=O)c1ccc2cc(-c3ccnc4nc(C)[nH]c34)[nH]c2c1. The van der Waals surface area contributed by atoms with Gasteiger partial charge in [-0.2, -0.15) is 0 Å². The van der Waals surface area contributed by atoms with Gasteiger partial charge in [0.15, 0.2) is 5.65 Å². The molecule has 0 aliphatic rings. The first-order valence-corrected chi connectivity index (χ1v) is 8.80. The van der Waals surface area contributed by atoms with Crippen molar-refractivity contribution in [3.05, 3.63) is 47.9 Å². The highest BCUT2D eigenvalue weighted by atomic mass is 16.1. The molecule has 1 atom stereocenters. The normalized spacial score (nSPS) is 12.6. The Hall–Kier alpha value is -3.15. The summed E-state index contributed by atoms with van der Waals surface area (Å²) in [5.41, 5.74) is 5.17. The van der Waals surface area contributed by atoms with Crippen molar-refractivity contribution in [2.45, 2.75) is 33.2 Å². The number of aryl methyl sites for hydroxylation is 1. The number of aromatic amines is 2. The number of fused-ring (bicyclic) bond motifs is 2. The Balaban J connectivity index is 1.75. The van der Waals surface area contributed by atoms with E-state index in [-0.39, 0.29) is 11.9 Å². The number of carbonyl (C=O) groups excluding carboxylic acids is 1. The summed E-state index contributed by atoms with van der Waals surface area (Å²) in [5, 5.41) is 4.06. The molecule has 0 radical (unpaired) electrons. The van der Waals surface area contributed by atoms with Crippen LogP contribution in [0.3, 0.4) is 0 Å². The minimum atomic E-state index is -0.0482. The van der Waals surface area contributed by atoms with Gasteiger partial charge in [-0.25, -0.2) is 9.97 Å². The molecule has 132 valence electrons. The van der Waals surface area contributed by atoms with E-state index in [0.717, 1.165) is 39.9 Å². The monoisotopic (exact) mass is 347 g/mol. The molecular weight excluding hydrogens is 326 g/mol. The molecule has 0 bridgehead atoms. The van der Waals surface area contributed by atoms with E-state index in [0.29, 0.717) is 11.2 Å². The van der Waals surface area contributed by atoms with Crippen LogP contribution in [0.5, 0.6) is 0 Å². The number of amides is 1. The maximum Gasteiger partial charge on any atom is 0.251 e. The first kappa shape index (κ1) is 16.3. The maximum absolute atomic E-state index is 12.4. The van der Waals surface area contributed by atoms with Crippen molar-refractivity contribution in [1.29, 1.82) is 0 Å². The minimum Gasteiger partial charge on any atom is -0.354 e. The molecule has 1 aromatic carbocycles. The molecular formula is C20H21N5O. The van der Waals surface area contributed by atoms with Crippen molar-refractivity contribution in [3.8, 4) is 11.3 Å². The topological polar surface area (TPSA) is 86.5 Å². The molecule has 1 amide bonds. The van der Waals surface area contributed by atoms with Gasteiger partial charge >= 0.3 is 0 Å². The predicted molar refractivity (Wildman–Crippen MR) is 103 cm³/mol. The highest BCUT2D eigenvalue weighted by Crippen LogP contribution is 2.29. The molecule has 0 spiro atoms. The third kappa shape index (κ3) is 2.83. The first-order valence-electron chi connectivity index (χ1n) is 8.80. The Morgan fingerprint density at radius 3 is 2.88 bits per heavy atom. The average molecular weight is 347 g/mol. The van der Waals surface area contributed by atoms with Crippen LogP contribution in [0.15, 0.2) is 36.5 Å². The molecule has 3 N–H and O–H groups in total. The number of nitrogens with zero attached hydrogens (tertiary/aromatic N) is 2. The van der Waals surface area contributed by atoms with Gasteiger partial charge in [0.05, 0.1) is 5.52 Å². The highest BCUT2D eigenvalue weighted by Gasteiger charge is 2.13. The first-order chi connectivity index (χ1) is 12.5. The summed E-state index contributed by atoms with van der Waals surface area (Å²) in [5.74, 6) is 0.785. The lowest BCUT2D eigenvalue weighted by atomic mass is 10.1. The summed E-state index contributed by atoms with van der Waals surface area (Å²) in [7, 11) is 0. The van der Waals surface area contributed by atoms with Crippen LogP contribution in [-0.2, 0) is 0 Å². The molecule has 0 saturated heterocycles. The second-order valence-corrected chi connectivity index (χ2v) is 6.65. The Morgan fingerprint density at radius 2 is 2.08 bits per heavy atom. The van der Waals surface area contributed by atoms with E-state index in [1.54, 1.807) is 6.20 Å². The largest absolute Gasteiger partial charge is 0.354 e. The van der Waals surface area contributed by atoms with Crippen LogP contribution in [0, 0.1) is 6.92 Å². The number of carbonyl (C=O) groups is 1. The lowest BCUT2D eigenvalue weighted by molar-refractivity contribution is 0.0939. The van der Waals surface area contributed by atoms with Gasteiger partial charge in [-0.3, -0.25) is 4.79 Å². The van der Waals surface area contributed by atoms with Gasteiger partial charge in [-0.1, -0.05) is 13.0 Å². The van der Waals surface area contributed by atoms with E-state index >= 15 is 0 Å². The molecule has 0 saturated carbocycles. The van der Waals surface area contributed by atoms with Crippen molar-refractivity contribution in [2.75, 3.05) is 0 Å². The number of nitrogens with one attached hydrogen (secondary N) is 3. The number of imidazole rings is 1. The zero-order valence-electron chi connectivity index (χ0n) is 15.1. The van der Waals surface area contributed by atoms with E-state index in [2.05, 4.69) is 38.2 Å². The Labute approximate surface area is 151 Å². The summed E-state index contributed by atoms with van der Waals surface area (Å²) >= 11 is 0. The van der Waals surface area contributed by atoms with E-state index in [1.807, 2.05) is 38.1 Å². The summed E-state index contributed by atoms with van der Waals surface area (Å²) in [4.78, 5) is 27.8. The fraction of sp³-hybridized carbons (Fsp3) is 0.250. The van der Waals surface area contributed by atoms with Crippen LogP contribution in [-0.4, -0.2) is 31.9 Å². The maximum atomic E-state index is 12.4. The zero-order chi connectivity index (χ0) is 18.3. The number of hydrogen-bond acceptors (Lipinski definition) is 3. The molecule has 0 aliphatic carbocycles. The molecule has 6 heteroatoms. The van der Waals surface area contributed by atoms with Crippen molar-refractivity contribution in [1.82, 2.24) is 25.3 Å². The van der Waals surface area contributed by atoms with Crippen LogP contribution < -0.4 is 5.32 Å². The van der Waals surface area contributed by atoms with Crippen molar-refractivity contribution < 1.29 is 4.79 Å². The fourth-order valence-electron chi connectivity index (χ4n) is 3.07. The molecule has 0 aliphatic heterocycles. The molecule has 4 rings (SSSR count). The highest BCUT2D eigenvalue weighted by molar-refractivity contribution is 6.00. The van der Waals surface area contributed by atoms with Gasteiger partial charge in [0.25, 0.3) is 5.91 Å². The third-order valence-electron chi connectivity index (χ3n) is 4.68. The standard InChI is InChI=1S/C20H21N5O/c1-4-11(2)22-20(26)14-6-5-13-9-17(25-16(13)10-14)15-7-8-21-19-18(15)23-12(3)24-19/h5-11,25H,4H2,1-3H3,(H,22,26)(H,21,23,24)/t11-/m1/s1. The Morgan fingerprint density at radius 1 is 1.23 bits per heavy atom. The van der Waals surface area contributed by atoms with Gasteiger partial charge in [-0.15, -0.1) is 0 Å². The molecule has 0 fully saturated rings. The molecule has 3 aromatic heterocycles. The van der Waals surface area contributed by atoms with Crippen molar-refractivity contribution in [2.24, 2.45) is 0 Å². The zero-order valence-corrected chi connectivity index (χ0v) is 15.1. The lowest BCUT2D eigenvalue weighted by Crippen LogP contribution is -2.31. The van der Waals surface area contributed by atoms with E-state index < -0.39 is 0 Å². The lowest BCUT2D eigenvalue weighted by Gasteiger charge is -2.11. The summed E-state index contributed by atoms with van der Waals surface area (Å²) in [6.07, 6.45) is 2.66. The molecule has 0 unspecified atom stereocenters. The number of hydrogen-bond donors (Lipinski definition) is 3. The van der Waals surface area contributed by atoms with Gasteiger partial charge in [0, 0.05) is 40.0 Å². The van der Waals surface area contributed by atoms with Crippen molar-refractivity contribution >= 4 is 28.0 Å².